The van der Waals surface area contributed by atoms with Crippen molar-refractivity contribution in [3.63, 3.8) is 0 Å². The van der Waals surface area contributed by atoms with Gasteiger partial charge in [-0.2, -0.15) is 0 Å². The second-order valence-corrected chi connectivity index (χ2v) is 9.03. The molecule has 0 amide bonds. The number of guanidine groups is 1. The maximum absolute atomic E-state index is 12.1. The van der Waals surface area contributed by atoms with Crippen molar-refractivity contribution in [2.75, 3.05) is 21.1 Å². The summed E-state index contributed by atoms with van der Waals surface area (Å²) in [6.07, 6.45) is 2.27. The van der Waals surface area contributed by atoms with E-state index in [-0.39, 0.29) is 24.0 Å². The number of rotatable bonds is 8. The summed E-state index contributed by atoms with van der Waals surface area (Å²) in [6.45, 7) is 7.18. The molecule has 2 N–H and O–H groups in total. The Balaban J connectivity index is 0.00000625. The van der Waals surface area contributed by atoms with Crippen LogP contribution in [0.2, 0.25) is 0 Å². The first-order valence-corrected chi connectivity index (χ1v) is 10.1. The highest BCUT2D eigenvalue weighted by atomic mass is 127. The number of nitrogens with zero attached hydrogens (tertiary/aromatic N) is 2. The molecule has 8 heteroatoms. The fraction of sp³-hybridized carbons (Fsp3) is 0.611. The zero-order valence-corrected chi connectivity index (χ0v) is 19.8. The molecule has 0 spiro atoms. The molecule has 0 saturated heterocycles. The third kappa shape index (κ3) is 8.22. The maximum atomic E-state index is 12.1. The van der Waals surface area contributed by atoms with Gasteiger partial charge >= 0.3 is 0 Å². The van der Waals surface area contributed by atoms with E-state index in [1.807, 2.05) is 12.1 Å². The van der Waals surface area contributed by atoms with E-state index in [1.54, 1.807) is 19.2 Å². The monoisotopic (exact) mass is 496 g/mol. The summed E-state index contributed by atoms with van der Waals surface area (Å²) >= 11 is 0. The van der Waals surface area contributed by atoms with E-state index in [1.165, 1.54) is 24.8 Å². The number of hydrogen-bond donors (Lipinski definition) is 2. The molecule has 1 aromatic rings. The lowest BCUT2D eigenvalue weighted by Crippen LogP contribution is -2.41. The van der Waals surface area contributed by atoms with Gasteiger partial charge in [0.2, 0.25) is 10.0 Å². The molecule has 0 fully saturated rings. The Morgan fingerprint density at radius 2 is 1.69 bits per heavy atom. The largest absolute Gasteiger partial charge is 0.354 e. The molecule has 0 heterocycles. The highest BCUT2D eigenvalue weighted by Gasteiger charge is 2.16. The van der Waals surface area contributed by atoms with Crippen LogP contribution in [0.15, 0.2) is 34.2 Å². The zero-order valence-electron chi connectivity index (χ0n) is 16.6. The second-order valence-electron chi connectivity index (χ2n) is 6.87. The van der Waals surface area contributed by atoms with E-state index in [4.69, 9.17) is 0 Å². The molecule has 1 atom stereocenters. The summed E-state index contributed by atoms with van der Waals surface area (Å²) in [5.41, 5.74) is 0.996. The minimum absolute atomic E-state index is 0. The lowest BCUT2D eigenvalue weighted by Gasteiger charge is -2.19. The quantitative estimate of drug-likeness (QED) is 0.330. The van der Waals surface area contributed by atoms with Crippen LogP contribution in [-0.2, 0) is 16.6 Å². The van der Waals surface area contributed by atoms with Gasteiger partial charge in [-0.25, -0.2) is 12.7 Å². The van der Waals surface area contributed by atoms with E-state index < -0.39 is 10.0 Å². The maximum Gasteiger partial charge on any atom is 0.242 e. The van der Waals surface area contributed by atoms with Crippen LogP contribution in [0.25, 0.3) is 0 Å². The summed E-state index contributed by atoms with van der Waals surface area (Å²) in [5.74, 6) is 1.44. The third-order valence-electron chi connectivity index (χ3n) is 3.95. The molecular weight excluding hydrogens is 463 g/mol. The van der Waals surface area contributed by atoms with Crippen LogP contribution in [0.3, 0.4) is 0 Å². The summed E-state index contributed by atoms with van der Waals surface area (Å²) in [4.78, 5) is 4.54. The van der Waals surface area contributed by atoms with Crippen molar-refractivity contribution in [2.24, 2.45) is 10.9 Å². The SMILES string of the molecule is CN=C(NCc1ccc(S(=O)(=O)N(C)C)cc1)NC(C)CCC(C)C.I. The lowest BCUT2D eigenvalue weighted by atomic mass is 10.0. The Morgan fingerprint density at radius 3 is 2.15 bits per heavy atom. The number of nitrogens with one attached hydrogen (secondary N) is 2. The van der Waals surface area contributed by atoms with E-state index in [0.717, 1.165) is 17.9 Å². The normalized spacial score (nSPS) is 13.5. The van der Waals surface area contributed by atoms with Crippen LogP contribution in [-0.4, -0.2) is 45.9 Å². The Kier molecular flexibility index (Phi) is 11.4. The van der Waals surface area contributed by atoms with Gasteiger partial charge in [0, 0.05) is 33.7 Å². The van der Waals surface area contributed by atoms with Crippen molar-refractivity contribution >= 4 is 40.0 Å². The topological polar surface area (TPSA) is 73.8 Å². The van der Waals surface area contributed by atoms with Gasteiger partial charge in [0.1, 0.15) is 0 Å². The van der Waals surface area contributed by atoms with E-state index >= 15 is 0 Å². The number of benzene rings is 1. The molecule has 26 heavy (non-hydrogen) atoms. The van der Waals surface area contributed by atoms with Crippen LogP contribution in [0.5, 0.6) is 0 Å². The predicted octanol–water partition coefficient (Wildman–Crippen LogP) is 3.04. The summed E-state index contributed by atoms with van der Waals surface area (Å²) in [7, 11) is 1.42. The van der Waals surface area contributed by atoms with E-state index in [0.29, 0.717) is 23.4 Å². The van der Waals surface area contributed by atoms with Crippen molar-refractivity contribution in [3.05, 3.63) is 29.8 Å². The van der Waals surface area contributed by atoms with Crippen molar-refractivity contribution in [1.82, 2.24) is 14.9 Å². The molecule has 1 aromatic carbocycles. The van der Waals surface area contributed by atoms with Gasteiger partial charge < -0.3 is 10.6 Å². The van der Waals surface area contributed by atoms with Gasteiger partial charge in [-0.3, -0.25) is 4.99 Å². The lowest BCUT2D eigenvalue weighted by molar-refractivity contribution is 0.489. The smallest absolute Gasteiger partial charge is 0.242 e. The van der Waals surface area contributed by atoms with Crippen LogP contribution in [0, 0.1) is 5.92 Å². The predicted molar refractivity (Wildman–Crippen MR) is 120 cm³/mol. The molecule has 0 radical (unpaired) electrons. The molecule has 150 valence electrons. The average molecular weight is 496 g/mol. The minimum atomic E-state index is -3.38. The van der Waals surface area contributed by atoms with Gasteiger partial charge in [-0.15, -0.1) is 24.0 Å². The summed E-state index contributed by atoms with van der Waals surface area (Å²) < 4.78 is 25.3. The Bertz CT molecular complexity index is 658. The van der Waals surface area contributed by atoms with Crippen molar-refractivity contribution < 1.29 is 8.42 Å². The molecule has 1 unspecified atom stereocenters. The number of halogens is 1. The van der Waals surface area contributed by atoms with Gasteiger partial charge in [0.15, 0.2) is 5.96 Å². The van der Waals surface area contributed by atoms with Crippen LogP contribution in [0.4, 0.5) is 0 Å². The molecule has 0 aliphatic rings. The molecule has 6 nitrogen and oxygen atoms in total. The fourth-order valence-electron chi connectivity index (χ4n) is 2.26. The third-order valence-corrected chi connectivity index (χ3v) is 5.77. The fourth-order valence-corrected chi connectivity index (χ4v) is 3.16. The molecular formula is C18H33IN4O2S. The molecule has 0 aliphatic carbocycles. The highest BCUT2D eigenvalue weighted by Crippen LogP contribution is 2.14. The molecule has 1 rings (SSSR count). The van der Waals surface area contributed by atoms with Gasteiger partial charge in [-0.05, 0) is 43.4 Å². The van der Waals surface area contributed by atoms with Crippen LogP contribution < -0.4 is 10.6 Å². The Labute approximate surface area is 175 Å². The molecule has 0 aromatic heterocycles. The molecule has 0 aliphatic heterocycles. The van der Waals surface area contributed by atoms with Crippen molar-refractivity contribution in [1.29, 1.82) is 0 Å². The number of aliphatic imine (C=N–C) groups is 1. The first kappa shape index (κ1) is 25.1. The zero-order chi connectivity index (χ0) is 19.0. The second kappa shape index (κ2) is 11.8. The summed E-state index contributed by atoms with van der Waals surface area (Å²) in [6, 6.07) is 7.25. The van der Waals surface area contributed by atoms with Crippen LogP contribution >= 0.6 is 24.0 Å². The van der Waals surface area contributed by atoms with Gasteiger partial charge in [-0.1, -0.05) is 26.0 Å². The van der Waals surface area contributed by atoms with Gasteiger partial charge in [0.05, 0.1) is 4.90 Å². The van der Waals surface area contributed by atoms with Crippen LogP contribution in [0.1, 0.15) is 39.2 Å². The molecule has 0 bridgehead atoms. The Morgan fingerprint density at radius 1 is 1.12 bits per heavy atom. The highest BCUT2D eigenvalue weighted by molar-refractivity contribution is 14.0. The molecule has 0 saturated carbocycles. The average Bonchev–Trinajstić information content (AvgIpc) is 2.56. The number of sulfonamides is 1. The van der Waals surface area contributed by atoms with E-state index in [9.17, 15) is 8.42 Å². The Hall–Kier alpha value is -0.870. The standard InChI is InChI=1S/C18H32N4O2S.HI/c1-14(2)7-8-15(3)21-18(19-4)20-13-16-9-11-17(12-10-16)25(23,24)22(5)6;/h9-12,14-15H,7-8,13H2,1-6H3,(H2,19,20,21);1H. The van der Waals surface area contributed by atoms with Crippen molar-refractivity contribution in [3.8, 4) is 0 Å². The first-order chi connectivity index (χ1) is 11.7. The van der Waals surface area contributed by atoms with Crippen molar-refractivity contribution in [2.45, 2.75) is 51.1 Å². The van der Waals surface area contributed by atoms with E-state index in [2.05, 4.69) is 36.4 Å². The first-order valence-electron chi connectivity index (χ1n) is 8.65. The summed E-state index contributed by atoms with van der Waals surface area (Å²) in [5, 5.41) is 6.64. The van der Waals surface area contributed by atoms with Gasteiger partial charge in [0.25, 0.3) is 0 Å². The minimum Gasteiger partial charge on any atom is -0.354 e. The number of hydrogen-bond acceptors (Lipinski definition) is 3.